The lowest BCUT2D eigenvalue weighted by Crippen LogP contribution is -2.33. The van der Waals surface area contributed by atoms with E-state index in [9.17, 15) is 0 Å². The summed E-state index contributed by atoms with van der Waals surface area (Å²) in [6.07, 6.45) is 7.04. The molecule has 0 spiro atoms. The highest BCUT2D eigenvalue weighted by Crippen LogP contribution is 2.46. The minimum atomic E-state index is -0.130. The summed E-state index contributed by atoms with van der Waals surface area (Å²) in [5, 5.41) is 0. The lowest BCUT2D eigenvalue weighted by molar-refractivity contribution is -0.0320. The van der Waals surface area contributed by atoms with Crippen molar-refractivity contribution in [1.29, 1.82) is 0 Å². The maximum Gasteiger partial charge on any atom is 0.0902 e. The quantitative estimate of drug-likeness (QED) is 0.763. The lowest BCUT2D eigenvalue weighted by atomic mass is 9.83. The van der Waals surface area contributed by atoms with Gasteiger partial charge in [0.2, 0.25) is 0 Å². The maximum atomic E-state index is 7.48. The van der Waals surface area contributed by atoms with Crippen molar-refractivity contribution in [2.24, 2.45) is 0 Å². The second kappa shape index (κ2) is 4.74. The molecule has 1 saturated carbocycles. The lowest BCUT2D eigenvalue weighted by Gasteiger charge is -2.35. The highest BCUT2D eigenvalue weighted by Gasteiger charge is 2.40. The zero-order valence-electron chi connectivity index (χ0n) is 12.6. The standard InChI is InChI=1S/C17H20O/c1-14-9-11-17(10-5-8-16(17)12-14)18-13-15-6-3-2-4-7-15/h2-4,6-7,12H,1,5,8-11,13H2/i1D2. The molecule has 1 aromatic rings. The zero-order valence-corrected chi connectivity index (χ0v) is 10.6. The largest absolute Gasteiger partial charge is 0.366 e. The third-order valence-electron chi connectivity index (χ3n) is 4.12. The minimum Gasteiger partial charge on any atom is -0.366 e. The molecule has 0 amide bonds. The first-order valence-corrected chi connectivity index (χ1v) is 6.75. The number of rotatable bonds is 3. The third-order valence-corrected chi connectivity index (χ3v) is 4.12. The Kier molecular flexibility index (Phi) is 2.52. The number of fused-ring (bicyclic) bond motifs is 1. The van der Waals surface area contributed by atoms with Crippen LogP contribution < -0.4 is 0 Å². The molecular weight excluding hydrogens is 220 g/mol. The van der Waals surface area contributed by atoms with Crippen LogP contribution in [-0.4, -0.2) is 5.60 Å². The van der Waals surface area contributed by atoms with E-state index < -0.39 is 0 Å². The van der Waals surface area contributed by atoms with Gasteiger partial charge in [0.05, 0.1) is 14.9 Å². The monoisotopic (exact) mass is 242 g/mol. The topological polar surface area (TPSA) is 9.23 Å². The van der Waals surface area contributed by atoms with Gasteiger partial charge in [-0.1, -0.05) is 48.5 Å². The Bertz CT molecular complexity index is 543. The van der Waals surface area contributed by atoms with Gasteiger partial charge in [-0.05, 0) is 43.2 Å². The molecule has 1 fully saturated rings. The molecule has 0 saturated heterocycles. The first-order chi connectivity index (χ1) is 9.70. The number of benzene rings is 1. The molecule has 18 heavy (non-hydrogen) atoms. The van der Waals surface area contributed by atoms with E-state index in [1.54, 1.807) is 0 Å². The van der Waals surface area contributed by atoms with Gasteiger partial charge in [-0.3, -0.25) is 0 Å². The molecule has 94 valence electrons. The van der Waals surface area contributed by atoms with Crippen molar-refractivity contribution in [2.45, 2.75) is 44.3 Å². The molecule has 1 nitrogen and oxygen atoms in total. The molecule has 1 heteroatoms. The predicted molar refractivity (Wildman–Crippen MR) is 74.3 cm³/mol. The van der Waals surface area contributed by atoms with Gasteiger partial charge in [0, 0.05) is 0 Å². The Balaban J connectivity index is 1.78. The molecule has 0 radical (unpaired) electrons. The van der Waals surface area contributed by atoms with E-state index in [2.05, 4.69) is 18.2 Å². The zero-order chi connectivity index (χ0) is 14.0. The Hall–Kier alpha value is -1.34. The van der Waals surface area contributed by atoms with Crippen LogP contribution in [0.4, 0.5) is 0 Å². The summed E-state index contributed by atoms with van der Waals surface area (Å²) in [4.78, 5) is 0. The molecule has 0 bridgehead atoms. The Morgan fingerprint density at radius 3 is 2.94 bits per heavy atom. The van der Waals surface area contributed by atoms with Crippen LogP contribution in [0.1, 0.15) is 40.4 Å². The highest BCUT2D eigenvalue weighted by atomic mass is 16.5. The van der Waals surface area contributed by atoms with Gasteiger partial charge < -0.3 is 4.74 Å². The molecule has 1 unspecified atom stereocenters. The number of hydrogen-bond donors (Lipinski definition) is 0. The van der Waals surface area contributed by atoms with Crippen LogP contribution in [0.2, 0.25) is 0 Å². The van der Waals surface area contributed by atoms with Crippen LogP contribution in [0.5, 0.6) is 0 Å². The van der Waals surface area contributed by atoms with E-state index in [0.717, 1.165) is 37.7 Å². The smallest absolute Gasteiger partial charge is 0.0902 e. The van der Waals surface area contributed by atoms with Crippen LogP contribution in [-0.2, 0) is 11.3 Å². The van der Waals surface area contributed by atoms with Crippen molar-refractivity contribution in [1.82, 2.24) is 0 Å². The molecule has 1 aromatic carbocycles. The summed E-state index contributed by atoms with van der Waals surface area (Å²) in [6, 6.07) is 10.3. The summed E-state index contributed by atoms with van der Waals surface area (Å²) in [6.45, 7) is 0.604. The Morgan fingerprint density at radius 2 is 2.11 bits per heavy atom. The average molecular weight is 242 g/mol. The van der Waals surface area contributed by atoms with Gasteiger partial charge in [0.1, 0.15) is 0 Å². The van der Waals surface area contributed by atoms with Crippen LogP contribution in [0.3, 0.4) is 0 Å². The summed E-state index contributed by atoms with van der Waals surface area (Å²) >= 11 is 0. The molecule has 0 aromatic heterocycles. The highest BCUT2D eigenvalue weighted by molar-refractivity contribution is 5.35. The fourth-order valence-corrected chi connectivity index (χ4v) is 3.09. The van der Waals surface area contributed by atoms with Crippen LogP contribution in [0, 0.1) is 0 Å². The summed E-state index contributed by atoms with van der Waals surface area (Å²) in [5.41, 5.74) is 3.23. The Morgan fingerprint density at radius 1 is 1.22 bits per heavy atom. The third kappa shape index (κ3) is 2.15. The van der Waals surface area contributed by atoms with E-state index in [-0.39, 0.29) is 12.1 Å². The molecule has 2 aliphatic rings. The van der Waals surface area contributed by atoms with E-state index >= 15 is 0 Å². The SMILES string of the molecule is [2H]C([2H])=C1C=C2CCCC2(OCc2ccccc2)CC1. The van der Waals surface area contributed by atoms with Crippen LogP contribution in [0.25, 0.3) is 0 Å². The Labute approximate surface area is 112 Å². The van der Waals surface area contributed by atoms with Gasteiger partial charge in [0.15, 0.2) is 0 Å². The molecule has 0 aliphatic heterocycles. The van der Waals surface area contributed by atoms with Crippen molar-refractivity contribution >= 4 is 0 Å². The van der Waals surface area contributed by atoms with E-state index in [1.807, 2.05) is 18.2 Å². The fraction of sp³-hybridized carbons (Fsp3) is 0.412. The normalized spacial score (nSPS) is 28.2. The number of ether oxygens (including phenoxy) is 1. The number of allylic oxidation sites excluding steroid dienone is 2. The van der Waals surface area contributed by atoms with Crippen LogP contribution in [0.15, 0.2) is 54.1 Å². The fourth-order valence-electron chi connectivity index (χ4n) is 3.09. The van der Waals surface area contributed by atoms with Crippen molar-refractivity contribution in [2.75, 3.05) is 0 Å². The van der Waals surface area contributed by atoms with Gasteiger partial charge >= 0.3 is 0 Å². The molecule has 3 rings (SSSR count). The van der Waals surface area contributed by atoms with Gasteiger partial charge in [-0.15, -0.1) is 0 Å². The molecule has 1 atom stereocenters. The van der Waals surface area contributed by atoms with Crippen LogP contribution >= 0.6 is 0 Å². The second-order valence-electron chi connectivity index (χ2n) is 5.32. The maximum absolute atomic E-state index is 7.48. The minimum absolute atomic E-state index is 0.0407. The first-order valence-electron chi connectivity index (χ1n) is 7.75. The summed E-state index contributed by atoms with van der Waals surface area (Å²) < 4.78 is 21.3. The van der Waals surface area contributed by atoms with Gasteiger partial charge in [-0.25, -0.2) is 0 Å². The molecule has 0 N–H and O–H groups in total. The van der Waals surface area contributed by atoms with Crippen molar-refractivity contribution in [3.63, 3.8) is 0 Å². The van der Waals surface area contributed by atoms with E-state index in [1.165, 1.54) is 11.1 Å². The molecule has 0 heterocycles. The first kappa shape index (κ1) is 9.57. The van der Waals surface area contributed by atoms with E-state index in [0.29, 0.717) is 6.61 Å². The molecular formula is C17H20O. The average Bonchev–Trinajstić information content (AvgIpc) is 2.89. The second-order valence-corrected chi connectivity index (χ2v) is 5.32. The van der Waals surface area contributed by atoms with Gasteiger partial charge in [-0.2, -0.15) is 0 Å². The van der Waals surface area contributed by atoms with Crippen molar-refractivity contribution in [3.05, 3.63) is 59.6 Å². The van der Waals surface area contributed by atoms with Crippen molar-refractivity contribution < 1.29 is 7.48 Å². The molecule has 2 aliphatic carbocycles. The van der Waals surface area contributed by atoms with Crippen molar-refractivity contribution in [3.8, 4) is 0 Å². The van der Waals surface area contributed by atoms with Gasteiger partial charge in [0.25, 0.3) is 0 Å². The summed E-state index contributed by atoms with van der Waals surface area (Å²) in [7, 11) is 0. The summed E-state index contributed by atoms with van der Waals surface area (Å²) in [5.74, 6) is 0. The van der Waals surface area contributed by atoms with E-state index in [4.69, 9.17) is 7.48 Å². The number of hydrogen-bond acceptors (Lipinski definition) is 1. The predicted octanol–water partition coefficient (Wildman–Crippen LogP) is 4.40.